The summed E-state index contributed by atoms with van der Waals surface area (Å²) in [6.07, 6.45) is 6.72. The molecule has 1 amide bonds. The molecule has 1 saturated heterocycles. The highest BCUT2D eigenvalue weighted by Crippen LogP contribution is 2.40. The third-order valence-corrected chi connectivity index (χ3v) is 6.51. The molecule has 0 radical (unpaired) electrons. The lowest BCUT2D eigenvalue weighted by atomic mass is 9.95. The van der Waals surface area contributed by atoms with Gasteiger partial charge in [0.15, 0.2) is 0 Å². The van der Waals surface area contributed by atoms with Crippen molar-refractivity contribution < 1.29 is 4.79 Å². The number of benzene rings is 2. The molecule has 0 bridgehead atoms. The highest BCUT2D eigenvalue weighted by atomic mass is 16.2. The number of carbonyl (C=O) groups is 1. The van der Waals surface area contributed by atoms with Crippen molar-refractivity contribution in [1.29, 1.82) is 0 Å². The van der Waals surface area contributed by atoms with Gasteiger partial charge in [0.1, 0.15) is 0 Å². The minimum absolute atomic E-state index is 0.0776. The van der Waals surface area contributed by atoms with Crippen molar-refractivity contribution in [2.24, 2.45) is 13.0 Å². The van der Waals surface area contributed by atoms with E-state index in [1.54, 1.807) is 0 Å². The summed E-state index contributed by atoms with van der Waals surface area (Å²) in [6, 6.07) is 17.6. The van der Waals surface area contributed by atoms with Gasteiger partial charge < -0.3 is 15.2 Å². The first kappa shape index (κ1) is 18.4. The SMILES string of the molecule is Cn1ccc2cc(CNC(=O)C3CC(Cc4ccc(C5CC5)cc4)CN3)ccc21. The fraction of sp³-hybridized carbons (Fsp3) is 0.400. The minimum atomic E-state index is -0.0776. The van der Waals surface area contributed by atoms with Crippen molar-refractivity contribution in [3.8, 4) is 0 Å². The smallest absolute Gasteiger partial charge is 0.237 e. The van der Waals surface area contributed by atoms with E-state index in [0.29, 0.717) is 12.5 Å². The summed E-state index contributed by atoms with van der Waals surface area (Å²) in [5.74, 6) is 1.45. The van der Waals surface area contributed by atoms with Crippen LogP contribution in [0.1, 0.15) is 41.9 Å². The lowest BCUT2D eigenvalue weighted by Gasteiger charge is -2.12. The molecule has 1 saturated carbocycles. The monoisotopic (exact) mass is 387 g/mol. The molecule has 2 atom stereocenters. The second kappa shape index (κ2) is 7.68. The molecular weight excluding hydrogens is 358 g/mol. The van der Waals surface area contributed by atoms with Gasteiger partial charge in [0, 0.05) is 25.3 Å². The van der Waals surface area contributed by atoms with Gasteiger partial charge in [-0.2, -0.15) is 0 Å². The number of amides is 1. The number of hydrogen-bond acceptors (Lipinski definition) is 2. The van der Waals surface area contributed by atoms with Crippen molar-refractivity contribution in [2.45, 2.75) is 44.2 Å². The molecule has 1 aliphatic carbocycles. The molecule has 2 N–H and O–H groups in total. The molecule has 150 valence electrons. The molecule has 5 rings (SSSR count). The molecule has 2 heterocycles. The van der Waals surface area contributed by atoms with Crippen LogP contribution in [0.3, 0.4) is 0 Å². The fourth-order valence-corrected chi connectivity index (χ4v) is 4.59. The van der Waals surface area contributed by atoms with E-state index in [-0.39, 0.29) is 11.9 Å². The molecular formula is C25H29N3O. The van der Waals surface area contributed by atoms with Crippen LogP contribution in [0.25, 0.3) is 10.9 Å². The summed E-state index contributed by atoms with van der Waals surface area (Å²) >= 11 is 0. The summed E-state index contributed by atoms with van der Waals surface area (Å²) in [5, 5.41) is 7.75. The fourth-order valence-electron chi connectivity index (χ4n) is 4.59. The Morgan fingerprint density at radius 2 is 1.90 bits per heavy atom. The van der Waals surface area contributed by atoms with Gasteiger partial charge >= 0.3 is 0 Å². The number of rotatable bonds is 6. The number of fused-ring (bicyclic) bond motifs is 1. The van der Waals surface area contributed by atoms with Crippen LogP contribution in [0.4, 0.5) is 0 Å². The Kier molecular flexibility index (Phi) is 4.88. The van der Waals surface area contributed by atoms with Gasteiger partial charge in [0.25, 0.3) is 0 Å². The summed E-state index contributed by atoms with van der Waals surface area (Å²) in [7, 11) is 2.05. The van der Waals surface area contributed by atoms with Gasteiger partial charge in [-0.05, 0) is 84.3 Å². The summed E-state index contributed by atoms with van der Waals surface area (Å²) in [4.78, 5) is 12.6. The van der Waals surface area contributed by atoms with Crippen molar-refractivity contribution in [3.63, 3.8) is 0 Å². The lowest BCUT2D eigenvalue weighted by Crippen LogP contribution is -2.39. The number of carbonyl (C=O) groups excluding carboxylic acids is 1. The highest BCUT2D eigenvalue weighted by Gasteiger charge is 2.29. The predicted molar refractivity (Wildman–Crippen MR) is 117 cm³/mol. The summed E-state index contributed by atoms with van der Waals surface area (Å²) in [6.45, 7) is 1.49. The Bertz CT molecular complexity index is 1020. The van der Waals surface area contributed by atoms with Gasteiger partial charge in [-0.3, -0.25) is 4.79 Å². The van der Waals surface area contributed by atoms with Crippen LogP contribution in [-0.2, 0) is 24.8 Å². The van der Waals surface area contributed by atoms with Crippen LogP contribution >= 0.6 is 0 Å². The Hall–Kier alpha value is -2.59. The lowest BCUT2D eigenvalue weighted by molar-refractivity contribution is -0.123. The van der Waals surface area contributed by atoms with Crippen LogP contribution in [0, 0.1) is 5.92 Å². The average molecular weight is 388 g/mol. The average Bonchev–Trinajstić information content (AvgIpc) is 3.38. The van der Waals surface area contributed by atoms with E-state index in [1.165, 1.54) is 34.9 Å². The van der Waals surface area contributed by atoms with Crippen molar-refractivity contribution in [1.82, 2.24) is 15.2 Å². The Morgan fingerprint density at radius 1 is 1.10 bits per heavy atom. The first-order valence-corrected chi connectivity index (χ1v) is 10.8. The predicted octanol–water partition coefficient (Wildman–Crippen LogP) is 3.89. The number of hydrogen-bond donors (Lipinski definition) is 2. The Morgan fingerprint density at radius 3 is 2.69 bits per heavy atom. The van der Waals surface area contributed by atoms with Crippen LogP contribution in [-0.4, -0.2) is 23.1 Å². The van der Waals surface area contributed by atoms with Crippen molar-refractivity contribution >= 4 is 16.8 Å². The second-order valence-electron chi connectivity index (χ2n) is 8.82. The first-order valence-electron chi connectivity index (χ1n) is 10.8. The highest BCUT2D eigenvalue weighted by molar-refractivity contribution is 5.83. The molecule has 4 nitrogen and oxygen atoms in total. The van der Waals surface area contributed by atoms with E-state index in [0.717, 1.165) is 30.9 Å². The normalized spacial score (nSPS) is 21.6. The van der Waals surface area contributed by atoms with Gasteiger partial charge in [0.05, 0.1) is 6.04 Å². The van der Waals surface area contributed by atoms with Crippen molar-refractivity contribution in [3.05, 3.63) is 71.4 Å². The third-order valence-electron chi connectivity index (χ3n) is 6.51. The van der Waals surface area contributed by atoms with Gasteiger partial charge in [0.2, 0.25) is 5.91 Å². The first-order chi connectivity index (χ1) is 14.2. The number of nitrogens with zero attached hydrogens (tertiary/aromatic N) is 1. The molecule has 29 heavy (non-hydrogen) atoms. The van der Waals surface area contributed by atoms with E-state index in [9.17, 15) is 4.79 Å². The Labute approximate surface area is 172 Å². The standard InChI is InChI=1S/C25H29N3O/c1-28-11-10-22-13-18(4-9-24(22)28)15-27-25(29)23-14-19(16-26-23)12-17-2-5-20(6-3-17)21-7-8-21/h2-6,9-11,13,19,21,23,26H,7-8,12,14-16H2,1H3,(H,27,29). The van der Waals surface area contributed by atoms with E-state index < -0.39 is 0 Å². The molecule has 2 fully saturated rings. The van der Waals surface area contributed by atoms with Gasteiger partial charge in [-0.25, -0.2) is 0 Å². The third kappa shape index (κ3) is 4.08. The van der Waals surface area contributed by atoms with Gasteiger partial charge in [-0.15, -0.1) is 0 Å². The maximum Gasteiger partial charge on any atom is 0.237 e. The zero-order valence-electron chi connectivity index (χ0n) is 17.0. The molecule has 2 aromatic carbocycles. The van der Waals surface area contributed by atoms with Crippen LogP contribution in [0.5, 0.6) is 0 Å². The minimum Gasteiger partial charge on any atom is -0.351 e. The largest absolute Gasteiger partial charge is 0.351 e. The molecule has 2 aliphatic rings. The zero-order chi connectivity index (χ0) is 19.8. The van der Waals surface area contributed by atoms with E-state index >= 15 is 0 Å². The van der Waals surface area contributed by atoms with E-state index in [4.69, 9.17) is 0 Å². The Balaban J connectivity index is 1.12. The topological polar surface area (TPSA) is 46.1 Å². The number of aromatic nitrogens is 1. The number of nitrogens with one attached hydrogen (secondary N) is 2. The molecule has 2 unspecified atom stereocenters. The van der Waals surface area contributed by atoms with Crippen LogP contribution in [0.15, 0.2) is 54.7 Å². The zero-order valence-corrected chi connectivity index (χ0v) is 17.0. The maximum absolute atomic E-state index is 12.6. The molecule has 1 aliphatic heterocycles. The van der Waals surface area contributed by atoms with Crippen molar-refractivity contribution in [2.75, 3.05) is 6.54 Å². The quantitative estimate of drug-likeness (QED) is 0.674. The number of aryl methyl sites for hydroxylation is 1. The van der Waals surface area contributed by atoms with E-state index in [1.807, 2.05) is 7.05 Å². The molecule has 3 aromatic rings. The molecule has 1 aromatic heterocycles. The summed E-state index contributed by atoms with van der Waals surface area (Å²) in [5.41, 5.74) is 5.23. The van der Waals surface area contributed by atoms with Crippen LogP contribution in [0.2, 0.25) is 0 Å². The van der Waals surface area contributed by atoms with Crippen LogP contribution < -0.4 is 10.6 Å². The maximum atomic E-state index is 12.6. The second-order valence-corrected chi connectivity index (χ2v) is 8.82. The molecule has 4 heteroatoms. The molecule has 0 spiro atoms. The summed E-state index contributed by atoms with van der Waals surface area (Å²) < 4.78 is 2.11. The van der Waals surface area contributed by atoms with Gasteiger partial charge in [-0.1, -0.05) is 30.3 Å². The van der Waals surface area contributed by atoms with E-state index in [2.05, 4.69) is 69.9 Å².